The Bertz CT molecular complexity index is 620. The second-order valence-electron chi connectivity index (χ2n) is 4.31. The van der Waals surface area contributed by atoms with Gasteiger partial charge in [0.05, 0.1) is 0 Å². The minimum atomic E-state index is 0.139. The highest BCUT2D eigenvalue weighted by molar-refractivity contribution is 7.36. The molecule has 0 bridgehead atoms. The lowest BCUT2D eigenvalue weighted by atomic mass is 10.1. The second-order valence-corrected chi connectivity index (χ2v) is 5.46. The van der Waals surface area contributed by atoms with Crippen molar-refractivity contribution in [3.05, 3.63) is 72.8 Å². The molecule has 0 amide bonds. The maximum atomic E-state index is 11.9. The van der Waals surface area contributed by atoms with Crippen molar-refractivity contribution in [2.45, 2.75) is 0 Å². The Hall–Kier alpha value is -2.11. The molecule has 0 N–H and O–H groups in total. The Balaban J connectivity index is 2.12. The van der Waals surface area contributed by atoms with E-state index in [2.05, 4.69) is 6.07 Å². The monoisotopic (exact) mass is 263 g/mol. The summed E-state index contributed by atoms with van der Waals surface area (Å²) in [5.41, 5.74) is 3.32. The minimum Gasteiger partial charge on any atom is -0.869 e. The van der Waals surface area contributed by atoms with Crippen LogP contribution in [0.25, 0.3) is 22.0 Å². The number of hydrogen-bond acceptors (Lipinski definition) is 1. The van der Waals surface area contributed by atoms with Gasteiger partial charge in [-0.15, -0.1) is 0 Å². The topological polar surface area (TPSA) is 23.1 Å². The summed E-state index contributed by atoms with van der Waals surface area (Å²) in [6, 6.07) is 23.9. The Kier molecular flexibility index (Phi) is 3.31. The van der Waals surface area contributed by atoms with Crippen LogP contribution in [-0.4, -0.2) is 0 Å². The number of hydrogen-bond donors (Lipinski definition) is 0. The van der Waals surface area contributed by atoms with E-state index in [1.54, 1.807) is 6.07 Å². The lowest BCUT2D eigenvalue weighted by molar-refractivity contribution is -0.261. The first-order valence-electron chi connectivity index (χ1n) is 6.13. The molecule has 2 heteroatoms. The molecule has 2 aromatic carbocycles. The first-order valence-corrected chi connectivity index (χ1v) is 7.02. The molecular weight excluding hydrogens is 251 g/mol. The van der Waals surface area contributed by atoms with Gasteiger partial charge in [0.25, 0.3) is 0 Å². The molecule has 19 heavy (non-hydrogen) atoms. The van der Waals surface area contributed by atoms with Crippen LogP contribution in [0.4, 0.5) is 0 Å². The minimum absolute atomic E-state index is 0.139. The molecule has 1 aromatic heterocycles. The van der Waals surface area contributed by atoms with E-state index in [0.717, 1.165) is 30.2 Å². The largest absolute Gasteiger partial charge is 0.869 e. The van der Waals surface area contributed by atoms with Gasteiger partial charge in [0.2, 0.25) is 0 Å². The highest BCUT2D eigenvalue weighted by Gasteiger charge is 2.02. The summed E-state index contributed by atoms with van der Waals surface area (Å²) >= 11 is 0. The molecule has 0 radical (unpaired) electrons. The highest BCUT2D eigenvalue weighted by atomic mass is 31.0. The quantitative estimate of drug-likeness (QED) is 0.658. The van der Waals surface area contributed by atoms with Gasteiger partial charge in [-0.25, -0.2) is 0 Å². The zero-order valence-corrected chi connectivity index (χ0v) is 11.2. The summed E-state index contributed by atoms with van der Waals surface area (Å²) in [6.45, 7) is 0. The van der Waals surface area contributed by atoms with Crippen molar-refractivity contribution in [3.8, 4) is 27.5 Å². The van der Waals surface area contributed by atoms with Crippen LogP contribution in [-0.2, 0) is 0 Å². The van der Waals surface area contributed by atoms with Crippen LogP contribution in [0, 0.1) is 0 Å². The molecule has 0 atom stereocenters. The molecule has 0 spiro atoms. The summed E-state index contributed by atoms with van der Waals surface area (Å²) < 4.78 is 0. The molecule has 0 unspecified atom stereocenters. The highest BCUT2D eigenvalue weighted by Crippen LogP contribution is 2.37. The maximum absolute atomic E-state index is 11.9. The lowest BCUT2D eigenvalue weighted by Gasteiger charge is -2.12. The molecule has 0 saturated heterocycles. The van der Waals surface area contributed by atoms with Crippen molar-refractivity contribution in [3.63, 3.8) is 0 Å². The standard InChI is InChI=1S/C17H13OP/c18-17-12-15(13-7-3-1-4-8-13)11-16(19-17)14-9-5-2-6-10-14/h1-12,18H/p-1. The van der Waals surface area contributed by atoms with Gasteiger partial charge >= 0.3 is 0 Å². The Labute approximate surface area is 114 Å². The van der Waals surface area contributed by atoms with E-state index in [0.29, 0.717) is 0 Å². The van der Waals surface area contributed by atoms with Gasteiger partial charge in [0, 0.05) is 5.30 Å². The molecule has 0 aliphatic carbocycles. The predicted molar refractivity (Wildman–Crippen MR) is 79.3 cm³/mol. The third-order valence-corrected chi connectivity index (χ3v) is 3.96. The molecule has 0 aliphatic heterocycles. The average molecular weight is 263 g/mol. The fraction of sp³-hybridized carbons (Fsp3) is 0. The average Bonchev–Trinajstić information content (AvgIpc) is 2.48. The predicted octanol–water partition coefficient (Wildman–Crippen LogP) is 4.67. The molecule has 1 nitrogen and oxygen atoms in total. The van der Waals surface area contributed by atoms with Crippen molar-refractivity contribution in [1.29, 1.82) is 0 Å². The van der Waals surface area contributed by atoms with Crippen LogP contribution in [0.5, 0.6) is 5.48 Å². The van der Waals surface area contributed by atoms with Crippen LogP contribution in [0.1, 0.15) is 0 Å². The molecular formula is C17H12OP-. The van der Waals surface area contributed by atoms with Gasteiger partial charge in [-0.2, -0.15) is 0 Å². The van der Waals surface area contributed by atoms with Crippen LogP contribution in [0.3, 0.4) is 0 Å². The van der Waals surface area contributed by atoms with Crippen molar-refractivity contribution in [1.82, 2.24) is 0 Å². The van der Waals surface area contributed by atoms with Crippen molar-refractivity contribution in [2.24, 2.45) is 0 Å². The van der Waals surface area contributed by atoms with E-state index in [-0.39, 0.29) is 5.48 Å². The van der Waals surface area contributed by atoms with Crippen molar-refractivity contribution >= 4 is 8.19 Å². The normalized spacial score (nSPS) is 10.7. The molecule has 92 valence electrons. The zero-order chi connectivity index (χ0) is 13.1. The van der Waals surface area contributed by atoms with E-state index in [1.165, 1.54) is 0 Å². The Morgan fingerprint density at radius 2 is 1.21 bits per heavy atom. The summed E-state index contributed by atoms with van der Waals surface area (Å²) in [4.78, 5) is 0. The molecule has 0 saturated carbocycles. The Morgan fingerprint density at radius 1 is 0.632 bits per heavy atom. The Morgan fingerprint density at radius 3 is 1.84 bits per heavy atom. The van der Waals surface area contributed by atoms with Gasteiger partial charge in [0.1, 0.15) is 0 Å². The van der Waals surface area contributed by atoms with Gasteiger partial charge in [-0.1, -0.05) is 80.4 Å². The summed E-state index contributed by atoms with van der Waals surface area (Å²) in [7, 11) is 0.752. The van der Waals surface area contributed by atoms with Crippen LogP contribution in [0.15, 0.2) is 72.8 Å². The van der Waals surface area contributed by atoms with E-state index in [4.69, 9.17) is 0 Å². The lowest BCUT2D eigenvalue weighted by Crippen LogP contribution is -1.87. The molecule has 1 heterocycles. The number of rotatable bonds is 2. The third kappa shape index (κ3) is 2.67. The SMILES string of the molecule is [O-]c1cc(-c2ccccc2)cc(-c2ccccc2)p1. The fourth-order valence-electron chi connectivity index (χ4n) is 2.06. The molecule has 3 rings (SSSR count). The van der Waals surface area contributed by atoms with Crippen LogP contribution in [0.2, 0.25) is 0 Å². The molecule has 0 aliphatic rings. The summed E-state index contributed by atoms with van der Waals surface area (Å²) in [5.74, 6) is 0. The van der Waals surface area contributed by atoms with Crippen LogP contribution < -0.4 is 5.11 Å². The third-order valence-electron chi connectivity index (χ3n) is 2.98. The second kappa shape index (κ2) is 5.26. The van der Waals surface area contributed by atoms with E-state index >= 15 is 0 Å². The summed E-state index contributed by atoms with van der Waals surface area (Å²) in [6.07, 6.45) is 0. The first-order chi connectivity index (χ1) is 9.33. The fourth-order valence-corrected chi connectivity index (χ4v) is 2.98. The summed E-state index contributed by atoms with van der Waals surface area (Å²) in [5, 5.41) is 13.0. The molecule has 3 aromatic rings. The van der Waals surface area contributed by atoms with E-state index in [1.807, 2.05) is 60.7 Å². The van der Waals surface area contributed by atoms with E-state index in [9.17, 15) is 5.11 Å². The first kappa shape index (κ1) is 12.0. The van der Waals surface area contributed by atoms with Gasteiger partial charge in [0.15, 0.2) is 0 Å². The zero-order valence-electron chi connectivity index (χ0n) is 10.3. The smallest absolute Gasteiger partial charge is 0.00905 e. The van der Waals surface area contributed by atoms with Gasteiger partial charge < -0.3 is 5.11 Å². The van der Waals surface area contributed by atoms with Gasteiger partial charge in [-0.05, 0) is 22.8 Å². The van der Waals surface area contributed by atoms with E-state index < -0.39 is 0 Å². The maximum Gasteiger partial charge on any atom is 0.00905 e. The van der Waals surface area contributed by atoms with Gasteiger partial charge in [-0.3, -0.25) is 0 Å². The molecule has 0 fully saturated rings. The van der Waals surface area contributed by atoms with Crippen molar-refractivity contribution in [2.75, 3.05) is 0 Å². The number of benzene rings is 2. The van der Waals surface area contributed by atoms with Crippen molar-refractivity contribution < 1.29 is 5.11 Å². The van der Waals surface area contributed by atoms with Crippen LogP contribution >= 0.6 is 8.19 Å².